The monoisotopic (exact) mass is 456 g/mol. The van der Waals surface area contributed by atoms with E-state index in [-0.39, 0.29) is 23.5 Å². The zero-order valence-corrected chi connectivity index (χ0v) is 21.5. The average Bonchev–Trinajstić information content (AvgIpc) is 3.14. The van der Waals surface area contributed by atoms with Crippen molar-refractivity contribution in [2.45, 2.75) is 98.0 Å². The first-order chi connectivity index (χ1) is 15.6. The van der Waals surface area contributed by atoms with Gasteiger partial charge in [0.1, 0.15) is 6.10 Å². The summed E-state index contributed by atoms with van der Waals surface area (Å²) in [6.07, 6.45) is 13.4. The van der Waals surface area contributed by atoms with Crippen molar-refractivity contribution in [2.75, 3.05) is 7.11 Å². The van der Waals surface area contributed by atoms with Crippen LogP contribution < -0.4 is 0 Å². The second-order valence-corrected chi connectivity index (χ2v) is 12.1. The summed E-state index contributed by atoms with van der Waals surface area (Å²) in [5.41, 5.74) is 2.68. The maximum atomic E-state index is 12.1. The van der Waals surface area contributed by atoms with Crippen molar-refractivity contribution < 1.29 is 19.1 Å². The number of hydrogen-bond donors (Lipinski definition) is 0. The number of fused-ring (bicyclic) bond motifs is 5. The van der Waals surface area contributed by atoms with E-state index in [2.05, 4.69) is 33.4 Å². The molecular formula is C29H44O4. The van der Waals surface area contributed by atoms with E-state index in [1.807, 2.05) is 0 Å². The van der Waals surface area contributed by atoms with Gasteiger partial charge < -0.3 is 9.47 Å². The van der Waals surface area contributed by atoms with Gasteiger partial charge in [0.15, 0.2) is 0 Å². The fraction of sp³-hybridized carbons (Fsp3) is 0.793. The van der Waals surface area contributed by atoms with Gasteiger partial charge in [-0.25, -0.2) is 4.79 Å². The van der Waals surface area contributed by atoms with E-state index in [9.17, 15) is 9.59 Å². The number of carbonyl (C=O) groups is 2. The molecule has 33 heavy (non-hydrogen) atoms. The molecule has 4 aliphatic rings. The Morgan fingerprint density at radius 3 is 2.61 bits per heavy atom. The molecule has 8 atom stereocenters. The minimum absolute atomic E-state index is 0.00505. The molecule has 0 aromatic rings. The van der Waals surface area contributed by atoms with E-state index < -0.39 is 0 Å². The summed E-state index contributed by atoms with van der Waals surface area (Å²) in [4.78, 5) is 23.8. The van der Waals surface area contributed by atoms with Gasteiger partial charge in [-0.15, -0.1) is 0 Å². The lowest BCUT2D eigenvalue weighted by Crippen LogP contribution is -2.51. The quantitative estimate of drug-likeness (QED) is 0.255. The zero-order valence-electron chi connectivity index (χ0n) is 21.5. The van der Waals surface area contributed by atoms with Crippen LogP contribution in [0.4, 0.5) is 0 Å². The van der Waals surface area contributed by atoms with Crippen LogP contribution in [0.1, 0.15) is 91.9 Å². The predicted octanol–water partition coefficient (Wildman–Crippen LogP) is 6.64. The largest absolute Gasteiger partial charge is 0.469 e. The maximum absolute atomic E-state index is 12.1. The van der Waals surface area contributed by atoms with Crippen LogP contribution in [0.3, 0.4) is 0 Å². The molecule has 5 unspecified atom stereocenters. The Hall–Kier alpha value is -1.58. The van der Waals surface area contributed by atoms with Gasteiger partial charge in [0.05, 0.1) is 7.11 Å². The topological polar surface area (TPSA) is 52.6 Å². The van der Waals surface area contributed by atoms with Gasteiger partial charge in [-0.3, -0.25) is 4.79 Å². The molecule has 4 heteroatoms. The van der Waals surface area contributed by atoms with E-state index in [1.54, 1.807) is 12.5 Å². The van der Waals surface area contributed by atoms with Crippen molar-refractivity contribution in [3.63, 3.8) is 0 Å². The number of ether oxygens (including phenoxy) is 2. The van der Waals surface area contributed by atoms with Crippen molar-refractivity contribution >= 4 is 11.9 Å². The summed E-state index contributed by atoms with van der Waals surface area (Å²) >= 11 is 0. The first-order valence-electron chi connectivity index (χ1n) is 13.2. The van der Waals surface area contributed by atoms with Crippen LogP contribution in [0, 0.1) is 40.4 Å². The number of hydrogen-bond acceptors (Lipinski definition) is 4. The minimum Gasteiger partial charge on any atom is -0.469 e. The van der Waals surface area contributed by atoms with Gasteiger partial charge >= 0.3 is 11.9 Å². The molecule has 0 aromatic carbocycles. The van der Waals surface area contributed by atoms with Gasteiger partial charge in [0.25, 0.3) is 0 Å². The van der Waals surface area contributed by atoms with Crippen molar-refractivity contribution in [1.82, 2.24) is 0 Å². The van der Waals surface area contributed by atoms with Crippen molar-refractivity contribution in [1.29, 1.82) is 0 Å². The Kier molecular flexibility index (Phi) is 6.86. The van der Waals surface area contributed by atoms with E-state index in [0.29, 0.717) is 29.2 Å². The Labute approximate surface area is 200 Å². The highest BCUT2D eigenvalue weighted by molar-refractivity contribution is 5.87. The molecule has 0 heterocycles. The van der Waals surface area contributed by atoms with Crippen LogP contribution in [0.25, 0.3) is 0 Å². The molecule has 0 radical (unpaired) electrons. The van der Waals surface area contributed by atoms with Crippen molar-refractivity contribution in [3.05, 3.63) is 23.8 Å². The van der Waals surface area contributed by atoms with Gasteiger partial charge in [0.2, 0.25) is 0 Å². The molecule has 0 aliphatic heterocycles. The number of esters is 2. The van der Waals surface area contributed by atoms with E-state index in [4.69, 9.17) is 9.47 Å². The fourth-order valence-electron chi connectivity index (χ4n) is 8.60. The smallest absolute Gasteiger partial charge is 0.333 e. The van der Waals surface area contributed by atoms with Gasteiger partial charge in [-0.05, 0) is 98.7 Å². The molecule has 4 aliphatic carbocycles. The number of rotatable bonds is 6. The minimum atomic E-state index is -0.246. The third-order valence-corrected chi connectivity index (χ3v) is 10.5. The Morgan fingerprint density at radius 2 is 1.91 bits per heavy atom. The SMILES string of the molecule is C=C(C)C(=O)O[C@@H]1CC[C@@]2(C)C(=CCC3C4CCC(C(C)CCC(=O)OC)[C@@]4(C)CCC32)C1. The highest BCUT2D eigenvalue weighted by Crippen LogP contribution is 2.67. The highest BCUT2D eigenvalue weighted by atomic mass is 16.5. The zero-order chi connectivity index (χ0) is 24.0. The molecule has 3 saturated carbocycles. The molecule has 4 nitrogen and oxygen atoms in total. The maximum Gasteiger partial charge on any atom is 0.333 e. The number of methoxy groups -OCH3 is 1. The highest BCUT2D eigenvalue weighted by Gasteiger charge is 2.59. The summed E-state index contributed by atoms with van der Waals surface area (Å²) in [5, 5.41) is 0. The lowest BCUT2D eigenvalue weighted by atomic mass is 9.47. The number of allylic oxidation sites excluding steroid dienone is 1. The van der Waals surface area contributed by atoms with E-state index in [1.165, 1.54) is 39.2 Å². The van der Waals surface area contributed by atoms with Crippen LogP contribution >= 0.6 is 0 Å². The summed E-state index contributed by atoms with van der Waals surface area (Å²) in [5.74, 6) is 3.26. The summed E-state index contributed by atoms with van der Waals surface area (Å²) in [6, 6.07) is 0. The fourth-order valence-corrected chi connectivity index (χ4v) is 8.60. The van der Waals surface area contributed by atoms with Crippen molar-refractivity contribution in [3.8, 4) is 0 Å². The first-order valence-corrected chi connectivity index (χ1v) is 13.2. The Bertz CT molecular complexity index is 827. The summed E-state index contributed by atoms with van der Waals surface area (Å²) in [7, 11) is 1.49. The van der Waals surface area contributed by atoms with E-state index in [0.717, 1.165) is 43.4 Å². The van der Waals surface area contributed by atoms with Crippen LogP contribution in [0.15, 0.2) is 23.8 Å². The second-order valence-electron chi connectivity index (χ2n) is 12.1. The molecular weight excluding hydrogens is 412 g/mol. The average molecular weight is 457 g/mol. The summed E-state index contributed by atoms with van der Waals surface area (Å²) in [6.45, 7) is 12.9. The molecule has 0 aromatic heterocycles. The standard InChI is InChI=1S/C29H44O4/c1-18(2)27(31)33-21-13-15-28(4)20(17-21)8-9-22-24-11-10-23(19(3)7-12-26(30)32-6)29(24,5)16-14-25(22)28/h8,19,21-25H,1,7,9-17H2,2-6H3/t19?,21-,22?,23?,24?,25?,28+,29-/m1/s1. The Balaban J connectivity index is 1.47. The molecule has 4 rings (SSSR count). The third kappa shape index (κ3) is 4.32. The third-order valence-electron chi connectivity index (χ3n) is 10.5. The molecule has 0 bridgehead atoms. The summed E-state index contributed by atoms with van der Waals surface area (Å²) < 4.78 is 10.6. The number of carbonyl (C=O) groups excluding carboxylic acids is 2. The molecule has 184 valence electrons. The molecule has 0 N–H and O–H groups in total. The van der Waals surface area contributed by atoms with Crippen LogP contribution in [-0.2, 0) is 19.1 Å². The van der Waals surface area contributed by atoms with Crippen LogP contribution in [-0.4, -0.2) is 25.2 Å². The van der Waals surface area contributed by atoms with Gasteiger partial charge in [-0.1, -0.05) is 39.0 Å². The Morgan fingerprint density at radius 1 is 1.15 bits per heavy atom. The molecule has 0 saturated heterocycles. The van der Waals surface area contributed by atoms with Gasteiger partial charge in [-0.2, -0.15) is 0 Å². The lowest BCUT2D eigenvalue weighted by molar-refractivity contribution is -0.146. The van der Waals surface area contributed by atoms with Crippen LogP contribution in [0.5, 0.6) is 0 Å². The molecule has 0 amide bonds. The normalized spacial score (nSPS) is 40.5. The first kappa shape index (κ1) is 24.5. The van der Waals surface area contributed by atoms with Gasteiger partial charge in [0, 0.05) is 18.4 Å². The van der Waals surface area contributed by atoms with E-state index >= 15 is 0 Å². The molecule has 0 spiro atoms. The lowest BCUT2D eigenvalue weighted by Gasteiger charge is -2.58. The molecule has 3 fully saturated rings. The predicted molar refractivity (Wildman–Crippen MR) is 130 cm³/mol. The second kappa shape index (κ2) is 9.23. The van der Waals surface area contributed by atoms with Crippen molar-refractivity contribution in [2.24, 2.45) is 40.4 Å². The van der Waals surface area contributed by atoms with Crippen LogP contribution in [0.2, 0.25) is 0 Å².